The molecule has 5 heteroatoms. The van der Waals surface area contributed by atoms with Crippen molar-refractivity contribution in [3.05, 3.63) is 28.2 Å². The Labute approximate surface area is 128 Å². The largest absolute Gasteiger partial charge is 0.352 e. The number of halogens is 1. The molecule has 0 aliphatic carbocycles. The summed E-state index contributed by atoms with van der Waals surface area (Å²) in [5.41, 5.74) is 1.76. The van der Waals surface area contributed by atoms with Crippen LogP contribution in [0.4, 0.5) is 5.69 Å². The number of nitrogens with zero attached hydrogens (tertiary/aromatic N) is 1. The predicted octanol–water partition coefficient (Wildman–Crippen LogP) is 3.03. The molecule has 1 N–H and O–H groups in total. The highest BCUT2D eigenvalue weighted by molar-refractivity contribution is 9.10. The average molecular weight is 341 g/mol. The summed E-state index contributed by atoms with van der Waals surface area (Å²) in [5, 5.41) is 2.87. The Kier molecular flexibility index (Phi) is 6.20. The third-order valence-electron chi connectivity index (χ3n) is 3.15. The van der Waals surface area contributed by atoms with E-state index in [2.05, 4.69) is 21.2 Å². The normalized spacial score (nSPS) is 11.8. The summed E-state index contributed by atoms with van der Waals surface area (Å²) in [5.74, 6) is -0.291. The molecule has 0 spiro atoms. The summed E-state index contributed by atoms with van der Waals surface area (Å²) in [4.78, 5) is 25.2. The third kappa shape index (κ3) is 4.63. The van der Waals surface area contributed by atoms with Gasteiger partial charge in [-0.15, -0.1) is 0 Å². The van der Waals surface area contributed by atoms with Crippen LogP contribution in [0.15, 0.2) is 22.7 Å². The number of amides is 2. The number of carbonyl (C=O) groups is 2. The quantitative estimate of drug-likeness (QED) is 0.895. The molecule has 0 aliphatic rings. The number of aryl methyl sites for hydroxylation is 1. The standard InChI is InChI=1S/C15H21BrN2O2/c1-5-11(3)17-15(20)9-18(12(4)19)13-6-7-14(16)10(2)8-13/h6-8,11H,5,9H2,1-4H3,(H,17,20). The van der Waals surface area contributed by atoms with Crippen molar-refractivity contribution in [2.45, 2.75) is 40.2 Å². The first-order valence-electron chi connectivity index (χ1n) is 6.68. The lowest BCUT2D eigenvalue weighted by Crippen LogP contribution is -2.42. The van der Waals surface area contributed by atoms with E-state index in [1.165, 1.54) is 11.8 Å². The number of hydrogen-bond donors (Lipinski definition) is 1. The van der Waals surface area contributed by atoms with Crippen LogP contribution in [-0.4, -0.2) is 24.4 Å². The van der Waals surface area contributed by atoms with E-state index in [0.717, 1.165) is 22.1 Å². The van der Waals surface area contributed by atoms with E-state index in [9.17, 15) is 9.59 Å². The Morgan fingerprint density at radius 2 is 2.05 bits per heavy atom. The van der Waals surface area contributed by atoms with Crippen molar-refractivity contribution in [2.24, 2.45) is 0 Å². The van der Waals surface area contributed by atoms with Crippen molar-refractivity contribution in [1.82, 2.24) is 5.32 Å². The molecule has 0 heterocycles. The van der Waals surface area contributed by atoms with E-state index in [4.69, 9.17) is 0 Å². The summed E-state index contributed by atoms with van der Waals surface area (Å²) in [6.45, 7) is 7.41. The van der Waals surface area contributed by atoms with Gasteiger partial charge in [0.25, 0.3) is 0 Å². The minimum Gasteiger partial charge on any atom is -0.352 e. The molecule has 0 radical (unpaired) electrons. The van der Waals surface area contributed by atoms with Gasteiger partial charge in [0.2, 0.25) is 11.8 Å². The fourth-order valence-electron chi connectivity index (χ4n) is 1.75. The van der Waals surface area contributed by atoms with Crippen molar-refractivity contribution in [2.75, 3.05) is 11.4 Å². The molecular formula is C15H21BrN2O2. The fraction of sp³-hybridized carbons (Fsp3) is 0.467. The van der Waals surface area contributed by atoms with Gasteiger partial charge in [-0.3, -0.25) is 9.59 Å². The molecule has 1 aromatic carbocycles. The van der Waals surface area contributed by atoms with Crippen LogP contribution in [0, 0.1) is 6.92 Å². The molecule has 20 heavy (non-hydrogen) atoms. The summed E-state index contributed by atoms with van der Waals surface area (Å²) >= 11 is 3.43. The van der Waals surface area contributed by atoms with Gasteiger partial charge in [-0.05, 0) is 44.0 Å². The number of carbonyl (C=O) groups excluding carboxylic acids is 2. The molecule has 0 aliphatic heterocycles. The van der Waals surface area contributed by atoms with Crippen LogP contribution in [0.2, 0.25) is 0 Å². The van der Waals surface area contributed by atoms with E-state index in [1.54, 1.807) is 0 Å². The highest BCUT2D eigenvalue weighted by Gasteiger charge is 2.17. The molecule has 0 saturated heterocycles. The Morgan fingerprint density at radius 1 is 1.40 bits per heavy atom. The number of rotatable bonds is 5. The highest BCUT2D eigenvalue weighted by Crippen LogP contribution is 2.23. The van der Waals surface area contributed by atoms with E-state index >= 15 is 0 Å². The molecule has 0 saturated carbocycles. The summed E-state index contributed by atoms with van der Waals surface area (Å²) in [7, 11) is 0. The van der Waals surface area contributed by atoms with Gasteiger partial charge in [0, 0.05) is 23.1 Å². The molecule has 0 bridgehead atoms. The van der Waals surface area contributed by atoms with Gasteiger partial charge in [0.1, 0.15) is 6.54 Å². The lowest BCUT2D eigenvalue weighted by molar-refractivity contribution is -0.123. The lowest BCUT2D eigenvalue weighted by atomic mass is 10.2. The topological polar surface area (TPSA) is 49.4 Å². The highest BCUT2D eigenvalue weighted by atomic mass is 79.9. The molecule has 1 atom stereocenters. The van der Waals surface area contributed by atoms with Crippen molar-refractivity contribution >= 4 is 33.4 Å². The summed E-state index contributed by atoms with van der Waals surface area (Å²) in [6, 6.07) is 5.72. The van der Waals surface area contributed by atoms with Crippen LogP contribution >= 0.6 is 15.9 Å². The molecule has 4 nitrogen and oxygen atoms in total. The van der Waals surface area contributed by atoms with Crippen molar-refractivity contribution in [1.29, 1.82) is 0 Å². The minimum absolute atomic E-state index is 0.0424. The maximum Gasteiger partial charge on any atom is 0.240 e. The molecule has 110 valence electrons. The minimum atomic E-state index is -0.147. The second-order valence-electron chi connectivity index (χ2n) is 4.92. The van der Waals surface area contributed by atoms with Gasteiger partial charge < -0.3 is 10.2 Å². The van der Waals surface area contributed by atoms with Crippen LogP contribution in [-0.2, 0) is 9.59 Å². The molecule has 0 aromatic heterocycles. The van der Waals surface area contributed by atoms with Gasteiger partial charge in [0.15, 0.2) is 0 Å². The number of nitrogens with one attached hydrogen (secondary N) is 1. The van der Waals surface area contributed by atoms with Crippen LogP contribution in [0.5, 0.6) is 0 Å². The predicted molar refractivity (Wildman–Crippen MR) is 84.8 cm³/mol. The van der Waals surface area contributed by atoms with Gasteiger partial charge >= 0.3 is 0 Å². The second-order valence-corrected chi connectivity index (χ2v) is 5.77. The zero-order chi connectivity index (χ0) is 15.3. The first-order valence-corrected chi connectivity index (χ1v) is 7.48. The zero-order valence-electron chi connectivity index (χ0n) is 12.4. The van der Waals surface area contributed by atoms with Crippen LogP contribution in [0.3, 0.4) is 0 Å². The maximum atomic E-state index is 11.9. The maximum absolute atomic E-state index is 11.9. The monoisotopic (exact) mass is 340 g/mol. The number of benzene rings is 1. The molecule has 0 fully saturated rings. The average Bonchev–Trinajstić information content (AvgIpc) is 2.38. The van der Waals surface area contributed by atoms with Crippen LogP contribution in [0.25, 0.3) is 0 Å². The Balaban J connectivity index is 2.86. The van der Waals surface area contributed by atoms with Gasteiger partial charge in [0.05, 0.1) is 0 Å². The molecule has 1 aromatic rings. The number of hydrogen-bond acceptors (Lipinski definition) is 2. The zero-order valence-corrected chi connectivity index (χ0v) is 14.0. The van der Waals surface area contributed by atoms with Gasteiger partial charge in [-0.25, -0.2) is 0 Å². The first-order chi connectivity index (χ1) is 9.35. The Morgan fingerprint density at radius 3 is 2.55 bits per heavy atom. The van der Waals surface area contributed by atoms with E-state index < -0.39 is 0 Å². The van der Waals surface area contributed by atoms with Crippen LogP contribution < -0.4 is 10.2 Å². The Hall–Kier alpha value is -1.36. The first kappa shape index (κ1) is 16.7. The lowest BCUT2D eigenvalue weighted by Gasteiger charge is -2.22. The summed E-state index contributed by atoms with van der Waals surface area (Å²) in [6.07, 6.45) is 0.864. The van der Waals surface area contributed by atoms with Crippen molar-refractivity contribution in [3.63, 3.8) is 0 Å². The molecular weight excluding hydrogens is 320 g/mol. The summed E-state index contributed by atoms with van der Waals surface area (Å²) < 4.78 is 0.980. The number of anilines is 1. The van der Waals surface area contributed by atoms with Crippen molar-refractivity contribution < 1.29 is 9.59 Å². The van der Waals surface area contributed by atoms with Crippen LogP contribution in [0.1, 0.15) is 32.8 Å². The molecule has 1 rings (SSSR count). The van der Waals surface area contributed by atoms with E-state index in [1.807, 2.05) is 39.0 Å². The third-order valence-corrected chi connectivity index (χ3v) is 4.04. The van der Waals surface area contributed by atoms with Gasteiger partial charge in [-0.1, -0.05) is 22.9 Å². The van der Waals surface area contributed by atoms with E-state index in [0.29, 0.717) is 0 Å². The fourth-order valence-corrected chi connectivity index (χ4v) is 1.99. The Bertz CT molecular complexity index is 503. The second kappa shape index (κ2) is 7.43. The smallest absolute Gasteiger partial charge is 0.240 e. The van der Waals surface area contributed by atoms with Gasteiger partial charge in [-0.2, -0.15) is 0 Å². The molecule has 1 unspecified atom stereocenters. The van der Waals surface area contributed by atoms with Crippen molar-refractivity contribution in [3.8, 4) is 0 Å². The molecule has 2 amide bonds. The van der Waals surface area contributed by atoms with E-state index in [-0.39, 0.29) is 24.4 Å². The SMILES string of the molecule is CCC(C)NC(=O)CN(C(C)=O)c1ccc(Br)c(C)c1.